The third-order valence-corrected chi connectivity index (χ3v) is 2.07. The maximum absolute atomic E-state index is 8.76. The van der Waals surface area contributed by atoms with E-state index >= 15 is 0 Å². The van der Waals surface area contributed by atoms with Gasteiger partial charge in [0.2, 0.25) is 5.96 Å². The Bertz CT molecular complexity index is 476. The first-order valence-corrected chi connectivity index (χ1v) is 4.96. The van der Waals surface area contributed by atoms with E-state index in [9.17, 15) is 0 Å². The number of rotatable bonds is 2. The van der Waals surface area contributed by atoms with Crippen LogP contribution < -0.4 is 17.2 Å². The predicted molar refractivity (Wildman–Crippen MR) is 67.6 cm³/mol. The fraction of sp³-hybridized carbons (Fsp3) is 0.182. The highest BCUT2D eigenvalue weighted by atomic mass is 15.1. The Morgan fingerprint density at radius 1 is 1.24 bits per heavy atom. The first-order chi connectivity index (χ1) is 8.02. The molecule has 6 heteroatoms. The maximum Gasteiger partial charge on any atom is 0.223 e. The number of guanidine groups is 2. The fourth-order valence-electron chi connectivity index (χ4n) is 1.20. The van der Waals surface area contributed by atoms with Crippen molar-refractivity contribution >= 4 is 17.6 Å². The molecule has 0 aliphatic rings. The Kier molecular flexibility index (Phi) is 4.06. The third-order valence-electron chi connectivity index (χ3n) is 2.07. The lowest BCUT2D eigenvalue weighted by atomic mass is 10.0. The molecule has 0 amide bonds. The molecular formula is C11H14N6. The summed E-state index contributed by atoms with van der Waals surface area (Å²) < 4.78 is 0. The van der Waals surface area contributed by atoms with Crippen LogP contribution in [0.25, 0.3) is 0 Å². The van der Waals surface area contributed by atoms with Gasteiger partial charge in [-0.1, -0.05) is 12.1 Å². The van der Waals surface area contributed by atoms with Crippen LogP contribution in [0.4, 0.5) is 5.69 Å². The fourth-order valence-corrected chi connectivity index (χ4v) is 1.20. The van der Waals surface area contributed by atoms with Crippen LogP contribution >= 0.6 is 0 Å². The molecule has 0 aliphatic heterocycles. The molecule has 1 atom stereocenters. The van der Waals surface area contributed by atoms with Crippen LogP contribution in [0.1, 0.15) is 18.4 Å². The number of benzene rings is 1. The Hall–Kier alpha value is -2.55. The van der Waals surface area contributed by atoms with Crippen LogP contribution in [-0.4, -0.2) is 11.9 Å². The number of nitrogens with two attached hydrogens (primary N) is 3. The molecule has 0 heterocycles. The summed E-state index contributed by atoms with van der Waals surface area (Å²) in [4.78, 5) is 7.58. The molecule has 1 rings (SSSR count). The van der Waals surface area contributed by atoms with Crippen molar-refractivity contribution in [2.45, 2.75) is 12.8 Å². The van der Waals surface area contributed by atoms with E-state index in [1.807, 2.05) is 19.1 Å². The average Bonchev–Trinajstić information content (AvgIpc) is 2.28. The third kappa shape index (κ3) is 3.83. The van der Waals surface area contributed by atoms with E-state index in [2.05, 4.69) is 16.1 Å². The van der Waals surface area contributed by atoms with E-state index in [0.29, 0.717) is 5.69 Å². The van der Waals surface area contributed by atoms with Crippen molar-refractivity contribution in [3.63, 3.8) is 0 Å². The summed E-state index contributed by atoms with van der Waals surface area (Å²) >= 11 is 0. The van der Waals surface area contributed by atoms with Gasteiger partial charge in [0, 0.05) is 0 Å². The molecule has 0 spiro atoms. The first-order valence-electron chi connectivity index (χ1n) is 4.96. The summed E-state index contributed by atoms with van der Waals surface area (Å²) in [7, 11) is 0. The van der Waals surface area contributed by atoms with Crippen LogP contribution in [0.3, 0.4) is 0 Å². The van der Waals surface area contributed by atoms with Crippen LogP contribution in [0, 0.1) is 11.3 Å². The second-order valence-electron chi connectivity index (χ2n) is 3.45. The van der Waals surface area contributed by atoms with Gasteiger partial charge >= 0.3 is 0 Å². The molecule has 0 saturated heterocycles. The predicted octanol–water partition coefficient (Wildman–Crippen LogP) is 0.533. The van der Waals surface area contributed by atoms with Gasteiger partial charge in [0.1, 0.15) is 0 Å². The first kappa shape index (κ1) is 12.5. The van der Waals surface area contributed by atoms with E-state index in [1.165, 1.54) is 0 Å². The summed E-state index contributed by atoms with van der Waals surface area (Å²) in [6.07, 6.45) is 0. The molecule has 6 N–H and O–H groups in total. The van der Waals surface area contributed by atoms with Crippen LogP contribution in [0.15, 0.2) is 34.3 Å². The lowest BCUT2D eigenvalue weighted by Crippen LogP contribution is -2.26. The summed E-state index contributed by atoms with van der Waals surface area (Å²) in [5.74, 6) is -0.296. The molecule has 6 nitrogen and oxygen atoms in total. The summed E-state index contributed by atoms with van der Waals surface area (Å²) in [6, 6.07) is 9.28. The zero-order valence-corrected chi connectivity index (χ0v) is 9.46. The molecule has 17 heavy (non-hydrogen) atoms. The minimum Gasteiger partial charge on any atom is -0.370 e. The van der Waals surface area contributed by atoms with Gasteiger partial charge in [-0.2, -0.15) is 10.3 Å². The van der Waals surface area contributed by atoms with Gasteiger partial charge in [0.05, 0.1) is 17.7 Å². The van der Waals surface area contributed by atoms with Gasteiger partial charge < -0.3 is 17.2 Å². The molecule has 0 aliphatic carbocycles. The topological polar surface area (TPSA) is 127 Å². The highest BCUT2D eigenvalue weighted by molar-refractivity contribution is 5.93. The summed E-state index contributed by atoms with van der Waals surface area (Å²) in [5, 5.41) is 8.76. The monoisotopic (exact) mass is 230 g/mol. The minimum absolute atomic E-state index is 0.00826. The molecule has 0 aromatic heterocycles. The van der Waals surface area contributed by atoms with Gasteiger partial charge in [0.15, 0.2) is 5.96 Å². The van der Waals surface area contributed by atoms with Gasteiger partial charge in [-0.05, 0) is 24.6 Å². The van der Waals surface area contributed by atoms with Gasteiger partial charge in [-0.15, -0.1) is 0 Å². The number of nitriles is 1. The van der Waals surface area contributed by atoms with E-state index in [0.717, 1.165) is 5.56 Å². The van der Waals surface area contributed by atoms with Crippen molar-refractivity contribution in [3.8, 4) is 6.07 Å². The number of nitrogens with zero attached hydrogens (tertiary/aromatic N) is 3. The normalized spacial score (nSPS) is 12.6. The van der Waals surface area contributed by atoms with E-state index in [-0.39, 0.29) is 17.8 Å². The SMILES string of the molecule is CC(C#N)c1ccc(N=C(N)N=C(N)N)cc1. The van der Waals surface area contributed by atoms with Gasteiger partial charge in [-0.25, -0.2) is 4.99 Å². The van der Waals surface area contributed by atoms with Crippen LogP contribution in [0.2, 0.25) is 0 Å². The highest BCUT2D eigenvalue weighted by Crippen LogP contribution is 2.18. The molecule has 1 aromatic carbocycles. The van der Waals surface area contributed by atoms with Gasteiger partial charge in [-0.3, -0.25) is 0 Å². The summed E-state index contributed by atoms with van der Waals surface area (Å²) in [5.41, 5.74) is 17.3. The van der Waals surface area contributed by atoms with Crippen molar-refractivity contribution < 1.29 is 0 Å². The summed E-state index contributed by atoms with van der Waals surface area (Å²) in [6.45, 7) is 1.83. The average molecular weight is 230 g/mol. The zero-order chi connectivity index (χ0) is 12.8. The molecule has 0 fully saturated rings. The van der Waals surface area contributed by atoms with E-state index < -0.39 is 0 Å². The largest absolute Gasteiger partial charge is 0.370 e. The maximum atomic E-state index is 8.76. The van der Waals surface area contributed by atoms with Crippen LogP contribution in [0.5, 0.6) is 0 Å². The van der Waals surface area contributed by atoms with Crippen molar-refractivity contribution in [1.29, 1.82) is 5.26 Å². The van der Waals surface area contributed by atoms with Crippen molar-refractivity contribution in [2.24, 2.45) is 27.2 Å². The Morgan fingerprint density at radius 2 is 1.82 bits per heavy atom. The highest BCUT2D eigenvalue weighted by Gasteiger charge is 2.02. The zero-order valence-electron chi connectivity index (χ0n) is 9.46. The number of hydrogen-bond donors (Lipinski definition) is 3. The smallest absolute Gasteiger partial charge is 0.223 e. The number of hydrogen-bond acceptors (Lipinski definition) is 2. The van der Waals surface area contributed by atoms with Crippen LogP contribution in [-0.2, 0) is 0 Å². The Morgan fingerprint density at radius 3 is 2.29 bits per heavy atom. The molecule has 0 radical (unpaired) electrons. The van der Waals surface area contributed by atoms with Crippen molar-refractivity contribution in [1.82, 2.24) is 0 Å². The Balaban J connectivity index is 2.90. The van der Waals surface area contributed by atoms with Gasteiger partial charge in [0.25, 0.3) is 0 Å². The van der Waals surface area contributed by atoms with E-state index in [4.69, 9.17) is 22.5 Å². The quantitative estimate of drug-likeness (QED) is 0.506. The lowest BCUT2D eigenvalue weighted by Gasteiger charge is -2.02. The molecule has 88 valence electrons. The molecular weight excluding hydrogens is 216 g/mol. The van der Waals surface area contributed by atoms with Crippen molar-refractivity contribution in [2.75, 3.05) is 0 Å². The minimum atomic E-state index is -0.150. The second-order valence-corrected chi connectivity index (χ2v) is 3.45. The second kappa shape index (κ2) is 5.51. The van der Waals surface area contributed by atoms with Crippen molar-refractivity contribution in [3.05, 3.63) is 29.8 Å². The molecule has 0 saturated carbocycles. The molecule has 1 aromatic rings. The lowest BCUT2D eigenvalue weighted by molar-refractivity contribution is 0.982. The number of aliphatic imine (C=N–C) groups is 2. The standard InChI is InChI=1S/C11H14N6/c1-7(6-12)8-2-4-9(5-3-8)16-11(15)17-10(13)14/h2-5,7H,1H3,(H6,13,14,15,16,17). The molecule has 1 unspecified atom stereocenters. The Labute approximate surface area is 99.5 Å². The molecule has 0 bridgehead atoms. The van der Waals surface area contributed by atoms with E-state index in [1.54, 1.807) is 12.1 Å².